The first-order valence-corrected chi connectivity index (χ1v) is 11.9. The molecule has 164 valence electrons. The maximum Gasteiger partial charge on any atom is 0.232 e. The second kappa shape index (κ2) is 8.24. The van der Waals surface area contributed by atoms with Gasteiger partial charge in [-0.05, 0) is 49.7 Å². The summed E-state index contributed by atoms with van der Waals surface area (Å²) in [6.07, 6.45) is 1.86. The van der Waals surface area contributed by atoms with E-state index in [2.05, 4.69) is 0 Å². The molecule has 0 amide bonds. The first-order chi connectivity index (χ1) is 15.2. The van der Waals surface area contributed by atoms with Crippen molar-refractivity contribution in [2.45, 2.75) is 13.8 Å². The summed E-state index contributed by atoms with van der Waals surface area (Å²) >= 11 is 0. The lowest BCUT2D eigenvalue weighted by Gasteiger charge is -2.23. The Morgan fingerprint density at radius 2 is 1.75 bits per heavy atom. The largest absolute Gasteiger partial charge is 0.455 e. The molecule has 0 atom stereocenters. The predicted molar refractivity (Wildman–Crippen MR) is 125 cm³/mol. The molecule has 3 aromatic carbocycles. The molecule has 7 heteroatoms. The number of rotatable bonds is 6. The van der Waals surface area contributed by atoms with Crippen molar-refractivity contribution < 1.29 is 22.0 Å². The average molecular weight is 452 g/mol. The topological polar surface area (TPSA) is 67.6 Å². The summed E-state index contributed by atoms with van der Waals surface area (Å²) in [7, 11) is -3.56. The Bertz CT molecular complexity index is 1420. The second-order valence-electron chi connectivity index (χ2n) is 7.63. The van der Waals surface area contributed by atoms with Crippen LogP contribution in [0.15, 0.2) is 65.1 Å². The highest BCUT2D eigenvalue weighted by Crippen LogP contribution is 2.41. The molecule has 32 heavy (non-hydrogen) atoms. The molecular formula is C25H22FNO4S. The Labute approximate surface area is 186 Å². The average Bonchev–Trinajstić information content (AvgIpc) is 3.10. The van der Waals surface area contributed by atoms with E-state index in [1.807, 2.05) is 31.2 Å². The molecule has 5 nitrogen and oxygen atoms in total. The van der Waals surface area contributed by atoms with Crippen LogP contribution in [0, 0.1) is 12.7 Å². The lowest BCUT2D eigenvalue weighted by Crippen LogP contribution is -2.29. The Balaban J connectivity index is 2.06. The summed E-state index contributed by atoms with van der Waals surface area (Å²) < 4.78 is 45.8. The van der Waals surface area contributed by atoms with Crippen molar-refractivity contribution in [1.29, 1.82) is 0 Å². The van der Waals surface area contributed by atoms with Gasteiger partial charge in [0, 0.05) is 29.1 Å². The molecule has 0 saturated carbocycles. The zero-order valence-electron chi connectivity index (χ0n) is 17.9. The maximum atomic E-state index is 13.4. The Morgan fingerprint density at radius 1 is 1.03 bits per heavy atom. The molecule has 0 aliphatic carbocycles. The minimum Gasteiger partial charge on any atom is -0.455 e. The molecule has 1 aromatic heterocycles. The van der Waals surface area contributed by atoms with Gasteiger partial charge in [-0.1, -0.05) is 29.8 Å². The molecule has 0 spiro atoms. The summed E-state index contributed by atoms with van der Waals surface area (Å²) in [5, 5.41) is 0.559. The van der Waals surface area contributed by atoms with Crippen LogP contribution in [-0.2, 0) is 10.0 Å². The molecule has 0 radical (unpaired) electrons. The molecule has 0 bridgehead atoms. The summed E-state index contributed by atoms with van der Waals surface area (Å²) in [5.41, 5.74) is 4.23. The van der Waals surface area contributed by atoms with Crippen molar-refractivity contribution in [3.05, 3.63) is 77.6 Å². The van der Waals surface area contributed by atoms with Crippen LogP contribution in [0.4, 0.5) is 10.1 Å². The van der Waals surface area contributed by atoms with E-state index in [-0.39, 0.29) is 6.54 Å². The number of halogens is 1. The van der Waals surface area contributed by atoms with Gasteiger partial charge in [0.05, 0.1) is 17.5 Å². The van der Waals surface area contributed by atoms with E-state index in [0.29, 0.717) is 45.4 Å². The quantitative estimate of drug-likeness (QED) is 0.347. The molecule has 1 heterocycles. The summed E-state index contributed by atoms with van der Waals surface area (Å²) in [6, 6.07) is 16.8. The first kappa shape index (κ1) is 21.8. The Morgan fingerprint density at radius 3 is 2.34 bits per heavy atom. The van der Waals surface area contributed by atoms with Gasteiger partial charge < -0.3 is 4.42 Å². The van der Waals surface area contributed by atoms with Crippen molar-refractivity contribution >= 4 is 33.0 Å². The van der Waals surface area contributed by atoms with Gasteiger partial charge in [0.1, 0.15) is 17.2 Å². The number of furan rings is 1. The van der Waals surface area contributed by atoms with E-state index in [1.54, 1.807) is 19.1 Å². The van der Waals surface area contributed by atoms with Crippen LogP contribution in [-0.4, -0.2) is 27.5 Å². The third-order valence-corrected chi connectivity index (χ3v) is 6.61. The Hall–Kier alpha value is -3.45. The predicted octanol–water partition coefficient (Wildman–Crippen LogP) is 5.81. The molecule has 0 N–H and O–H groups in total. The summed E-state index contributed by atoms with van der Waals surface area (Å²) in [5.74, 6) is -0.0852. The minimum absolute atomic E-state index is 0.231. The molecule has 0 fully saturated rings. The molecule has 4 aromatic rings. The number of aldehydes is 1. The monoisotopic (exact) mass is 451 g/mol. The van der Waals surface area contributed by atoms with E-state index in [9.17, 15) is 17.6 Å². The van der Waals surface area contributed by atoms with E-state index >= 15 is 0 Å². The number of fused-ring (bicyclic) bond motifs is 1. The Kier molecular flexibility index (Phi) is 5.60. The van der Waals surface area contributed by atoms with Gasteiger partial charge in [-0.15, -0.1) is 0 Å². The molecule has 0 unspecified atom stereocenters. The van der Waals surface area contributed by atoms with Crippen LogP contribution in [0.3, 0.4) is 0 Å². The zero-order chi connectivity index (χ0) is 23.0. The van der Waals surface area contributed by atoms with Crippen LogP contribution in [0.25, 0.3) is 33.4 Å². The highest BCUT2D eigenvalue weighted by atomic mass is 32.2. The summed E-state index contributed by atoms with van der Waals surface area (Å²) in [6.45, 7) is 3.95. The molecular weight excluding hydrogens is 429 g/mol. The van der Waals surface area contributed by atoms with Gasteiger partial charge in [0.2, 0.25) is 10.0 Å². The van der Waals surface area contributed by atoms with E-state index < -0.39 is 15.8 Å². The van der Waals surface area contributed by atoms with Crippen molar-refractivity contribution in [3.8, 4) is 22.5 Å². The second-order valence-corrected chi connectivity index (χ2v) is 9.54. The smallest absolute Gasteiger partial charge is 0.232 e. The van der Waals surface area contributed by atoms with Crippen LogP contribution in [0.1, 0.15) is 22.8 Å². The van der Waals surface area contributed by atoms with Crippen LogP contribution in [0.2, 0.25) is 0 Å². The fourth-order valence-electron chi connectivity index (χ4n) is 3.92. The lowest BCUT2D eigenvalue weighted by molar-refractivity contribution is 0.112. The van der Waals surface area contributed by atoms with Crippen LogP contribution >= 0.6 is 0 Å². The maximum absolute atomic E-state index is 13.4. The van der Waals surface area contributed by atoms with Gasteiger partial charge in [0.15, 0.2) is 6.29 Å². The lowest BCUT2D eigenvalue weighted by atomic mass is 9.98. The number of sulfonamides is 1. The van der Waals surface area contributed by atoms with Crippen molar-refractivity contribution in [3.63, 3.8) is 0 Å². The van der Waals surface area contributed by atoms with E-state index in [1.165, 1.54) is 28.6 Å². The minimum atomic E-state index is -3.56. The van der Waals surface area contributed by atoms with E-state index in [0.717, 1.165) is 17.4 Å². The number of hydrogen-bond acceptors (Lipinski definition) is 4. The third kappa shape index (κ3) is 3.91. The zero-order valence-corrected chi connectivity index (χ0v) is 18.7. The van der Waals surface area contributed by atoms with Crippen molar-refractivity contribution in [2.75, 3.05) is 17.1 Å². The molecule has 0 aliphatic rings. The number of carbonyl (C=O) groups is 1. The van der Waals surface area contributed by atoms with Gasteiger partial charge in [-0.2, -0.15) is 0 Å². The van der Waals surface area contributed by atoms with Gasteiger partial charge in [-0.3, -0.25) is 9.10 Å². The molecule has 0 aliphatic heterocycles. The van der Waals surface area contributed by atoms with E-state index in [4.69, 9.17) is 4.42 Å². The first-order valence-electron chi connectivity index (χ1n) is 10.1. The number of hydrogen-bond donors (Lipinski definition) is 0. The van der Waals surface area contributed by atoms with Gasteiger partial charge >= 0.3 is 0 Å². The number of aryl methyl sites for hydroxylation is 1. The standard InChI is InChI=1S/C25H22FNO4S/c1-4-27(32(3,29)30)23-14-24-21(13-20(23)18-7-5-6-16(2)12-18)22(15-28)25(31-24)17-8-10-19(26)11-9-17/h5-15H,4H2,1-3H3. The van der Waals surface area contributed by atoms with Crippen LogP contribution < -0.4 is 4.31 Å². The highest BCUT2D eigenvalue weighted by Gasteiger charge is 2.24. The highest BCUT2D eigenvalue weighted by molar-refractivity contribution is 7.92. The normalized spacial score (nSPS) is 11.6. The van der Waals surface area contributed by atoms with Gasteiger partial charge in [-0.25, -0.2) is 12.8 Å². The summed E-state index contributed by atoms with van der Waals surface area (Å²) in [4.78, 5) is 12.0. The number of carbonyl (C=O) groups excluding carboxylic acids is 1. The number of nitrogens with zero attached hydrogens (tertiary/aromatic N) is 1. The van der Waals surface area contributed by atoms with Crippen molar-refractivity contribution in [2.24, 2.45) is 0 Å². The molecule has 0 saturated heterocycles. The van der Waals surface area contributed by atoms with Crippen molar-refractivity contribution in [1.82, 2.24) is 0 Å². The number of benzene rings is 3. The third-order valence-electron chi connectivity index (χ3n) is 5.35. The van der Waals surface area contributed by atoms with Gasteiger partial charge in [0.25, 0.3) is 0 Å². The van der Waals surface area contributed by atoms with Crippen LogP contribution in [0.5, 0.6) is 0 Å². The molecule has 4 rings (SSSR count). The number of anilines is 1. The SMILES string of the molecule is CCN(c1cc2oc(-c3ccc(F)cc3)c(C=O)c2cc1-c1cccc(C)c1)S(C)(=O)=O. The fraction of sp³-hybridized carbons (Fsp3) is 0.160. The fourth-order valence-corrected chi connectivity index (χ4v) is 4.89.